The number of fused-ring (bicyclic) bond motifs is 1. The minimum absolute atomic E-state index is 0.0179. The topological polar surface area (TPSA) is 45.2 Å². The first kappa shape index (κ1) is 10.9. The number of carbonyl (C=O) groups excluding carboxylic acids is 1. The van der Waals surface area contributed by atoms with Crippen LogP contribution in [0.5, 0.6) is 0 Å². The van der Waals surface area contributed by atoms with Gasteiger partial charge in [-0.25, -0.2) is 4.98 Å². The van der Waals surface area contributed by atoms with Gasteiger partial charge in [-0.2, -0.15) is 0 Å². The smallest absolute Gasteiger partial charge is 0.217 e. The number of amides is 1. The first-order chi connectivity index (χ1) is 7.68. The van der Waals surface area contributed by atoms with Gasteiger partial charge in [0.2, 0.25) is 5.91 Å². The number of pyridine rings is 1. The monoisotopic (exact) mass is 219 g/mol. The molecule has 0 fully saturated rings. The molecule has 0 saturated carbocycles. The van der Waals surface area contributed by atoms with E-state index in [2.05, 4.69) is 15.2 Å². The van der Waals surface area contributed by atoms with Crippen molar-refractivity contribution in [1.29, 1.82) is 0 Å². The maximum absolute atomic E-state index is 11.2. The van der Waals surface area contributed by atoms with Gasteiger partial charge < -0.3 is 10.2 Å². The van der Waals surface area contributed by atoms with E-state index in [-0.39, 0.29) is 11.9 Å². The fourth-order valence-corrected chi connectivity index (χ4v) is 2.19. The van der Waals surface area contributed by atoms with E-state index >= 15 is 0 Å². The second-order valence-corrected chi connectivity index (χ2v) is 4.23. The van der Waals surface area contributed by atoms with Gasteiger partial charge in [-0.3, -0.25) is 4.79 Å². The molecule has 1 N–H and O–H groups in total. The molecular formula is C12H17N3O. The molecule has 4 nitrogen and oxygen atoms in total. The van der Waals surface area contributed by atoms with Gasteiger partial charge in [0, 0.05) is 32.3 Å². The van der Waals surface area contributed by atoms with Crippen molar-refractivity contribution in [1.82, 2.24) is 10.3 Å². The van der Waals surface area contributed by atoms with Gasteiger partial charge >= 0.3 is 0 Å². The summed E-state index contributed by atoms with van der Waals surface area (Å²) in [7, 11) is 2.04. The van der Waals surface area contributed by atoms with Crippen LogP contribution in [0.15, 0.2) is 18.3 Å². The van der Waals surface area contributed by atoms with Crippen molar-refractivity contribution in [3.63, 3.8) is 0 Å². The lowest BCUT2D eigenvalue weighted by molar-refractivity contribution is -0.119. The fraction of sp³-hybridized carbons (Fsp3) is 0.500. The van der Waals surface area contributed by atoms with Crippen molar-refractivity contribution in [3.8, 4) is 0 Å². The highest BCUT2D eigenvalue weighted by Crippen LogP contribution is 2.29. The summed E-state index contributed by atoms with van der Waals surface area (Å²) in [5, 5.41) is 2.99. The fourth-order valence-electron chi connectivity index (χ4n) is 2.19. The van der Waals surface area contributed by atoms with Crippen molar-refractivity contribution in [2.24, 2.45) is 0 Å². The maximum atomic E-state index is 11.2. The summed E-state index contributed by atoms with van der Waals surface area (Å²) in [5.74, 6) is 1.00. The number of hydrogen-bond acceptors (Lipinski definition) is 3. The quantitative estimate of drug-likeness (QED) is 0.778. The van der Waals surface area contributed by atoms with E-state index in [0.717, 1.165) is 30.8 Å². The molecule has 1 aliphatic heterocycles. The van der Waals surface area contributed by atoms with Gasteiger partial charge in [-0.05, 0) is 18.9 Å². The zero-order valence-corrected chi connectivity index (χ0v) is 9.73. The molecule has 0 aliphatic carbocycles. The largest absolute Gasteiger partial charge is 0.359 e. The van der Waals surface area contributed by atoms with Gasteiger partial charge in [-0.15, -0.1) is 0 Å². The second-order valence-electron chi connectivity index (χ2n) is 4.23. The van der Waals surface area contributed by atoms with Crippen LogP contribution in [0.25, 0.3) is 0 Å². The van der Waals surface area contributed by atoms with Gasteiger partial charge in [-0.1, -0.05) is 6.07 Å². The number of aromatic nitrogens is 1. The molecule has 0 bridgehead atoms. The van der Waals surface area contributed by atoms with Gasteiger partial charge in [0.25, 0.3) is 0 Å². The van der Waals surface area contributed by atoms with Crippen LogP contribution in [0, 0.1) is 0 Å². The Labute approximate surface area is 95.7 Å². The van der Waals surface area contributed by atoms with Crippen LogP contribution in [0.3, 0.4) is 0 Å². The zero-order valence-electron chi connectivity index (χ0n) is 9.73. The summed E-state index contributed by atoms with van der Waals surface area (Å²) >= 11 is 0. The molecule has 0 radical (unpaired) electrons. The summed E-state index contributed by atoms with van der Waals surface area (Å²) in [6.45, 7) is 2.55. The highest BCUT2D eigenvalue weighted by atomic mass is 16.1. The van der Waals surface area contributed by atoms with Gasteiger partial charge in [0.1, 0.15) is 5.82 Å². The molecule has 1 unspecified atom stereocenters. The lowest BCUT2D eigenvalue weighted by atomic mass is 10.0. The Hall–Kier alpha value is -1.58. The van der Waals surface area contributed by atoms with Crippen molar-refractivity contribution in [2.45, 2.75) is 25.8 Å². The SMILES string of the molecule is CC(=O)NC1CCCN(C)c2ncccc21. The van der Waals surface area contributed by atoms with E-state index in [1.165, 1.54) is 0 Å². The molecule has 1 amide bonds. The van der Waals surface area contributed by atoms with E-state index in [1.54, 1.807) is 13.1 Å². The average molecular weight is 219 g/mol. The molecule has 2 rings (SSSR count). The molecule has 0 spiro atoms. The lowest BCUT2D eigenvalue weighted by Gasteiger charge is -2.20. The number of nitrogens with zero attached hydrogens (tertiary/aromatic N) is 2. The minimum atomic E-state index is 0.0179. The van der Waals surface area contributed by atoms with Crippen molar-refractivity contribution in [3.05, 3.63) is 23.9 Å². The summed E-state index contributed by atoms with van der Waals surface area (Å²) in [6, 6.07) is 4.07. The van der Waals surface area contributed by atoms with Gasteiger partial charge in [0.05, 0.1) is 6.04 Å². The van der Waals surface area contributed by atoms with E-state index in [4.69, 9.17) is 0 Å². The summed E-state index contributed by atoms with van der Waals surface area (Å²) in [4.78, 5) is 17.7. The molecule has 1 aliphatic rings. The summed E-state index contributed by atoms with van der Waals surface area (Å²) in [5.41, 5.74) is 1.12. The molecule has 0 saturated heterocycles. The number of hydrogen-bond donors (Lipinski definition) is 1. The Morgan fingerprint density at radius 2 is 2.44 bits per heavy atom. The summed E-state index contributed by atoms with van der Waals surface area (Å²) in [6.07, 6.45) is 3.84. The van der Waals surface area contributed by atoms with Gasteiger partial charge in [0.15, 0.2) is 0 Å². The third-order valence-electron chi connectivity index (χ3n) is 2.92. The molecule has 0 aromatic carbocycles. The number of rotatable bonds is 1. The van der Waals surface area contributed by atoms with Crippen molar-refractivity contribution in [2.75, 3.05) is 18.5 Å². The van der Waals surface area contributed by atoms with E-state index in [0.29, 0.717) is 0 Å². The van der Waals surface area contributed by atoms with Crippen LogP contribution in [-0.2, 0) is 4.79 Å². The minimum Gasteiger partial charge on any atom is -0.359 e. The predicted molar refractivity (Wildman–Crippen MR) is 63.3 cm³/mol. The Morgan fingerprint density at radius 1 is 1.62 bits per heavy atom. The second kappa shape index (κ2) is 4.51. The molecule has 1 aromatic rings. The third kappa shape index (κ3) is 2.15. The molecule has 1 aromatic heterocycles. The molecule has 2 heterocycles. The van der Waals surface area contributed by atoms with Crippen LogP contribution in [0.1, 0.15) is 31.4 Å². The van der Waals surface area contributed by atoms with E-state index in [1.807, 2.05) is 19.2 Å². The Kier molecular flexibility index (Phi) is 3.08. The van der Waals surface area contributed by atoms with Crippen LogP contribution in [0.4, 0.5) is 5.82 Å². The number of carbonyl (C=O) groups is 1. The zero-order chi connectivity index (χ0) is 11.5. The van der Waals surface area contributed by atoms with E-state index in [9.17, 15) is 4.79 Å². The highest BCUT2D eigenvalue weighted by Gasteiger charge is 2.22. The standard InChI is InChI=1S/C12H17N3O/c1-9(16)14-11-6-4-8-15(2)12-10(11)5-3-7-13-12/h3,5,7,11H,4,6,8H2,1-2H3,(H,14,16). The Morgan fingerprint density at radius 3 is 3.19 bits per heavy atom. The lowest BCUT2D eigenvalue weighted by Crippen LogP contribution is -2.26. The molecule has 16 heavy (non-hydrogen) atoms. The van der Waals surface area contributed by atoms with Crippen LogP contribution in [0.2, 0.25) is 0 Å². The van der Waals surface area contributed by atoms with Crippen molar-refractivity contribution >= 4 is 11.7 Å². The Balaban J connectivity index is 2.34. The molecule has 86 valence electrons. The Bertz CT molecular complexity index is 392. The average Bonchev–Trinajstić information content (AvgIpc) is 2.40. The predicted octanol–water partition coefficient (Wildman–Crippen LogP) is 1.49. The number of nitrogens with one attached hydrogen (secondary N) is 1. The normalized spacial score (nSPS) is 19.9. The van der Waals surface area contributed by atoms with Crippen LogP contribution < -0.4 is 10.2 Å². The third-order valence-corrected chi connectivity index (χ3v) is 2.92. The molecular weight excluding hydrogens is 202 g/mol. The van der Waals surface area contributed by atoms with Crippen molar-refractivity contribution < 1.29 is 4.79 Å². The van der Waals surface area contributed by atoms with Crippen LogP contribution in [-0.4, -0.2) is 24.5 Å². The van der Waals surface area contributed by atoms with Crippen LogP contribution >= 0.6 is 0 Å². The number of anilines is 1. The summed E-state index contributed by atoms with van der Waals surface area (Å²) < 4.78 is 0. The highest BCUT2D eigenvalue weighted by molar-refractivity contribution is 5.73. The first-order valence-corrected chi connectivity index (χ1v) is 5.61. The molecule has 4 heteroatoms. The molecule has 1 atom stereocenters. The first-order valence-electron chi connectivity index (χ1n) is 5.61. The maximum Gasteiger partial charge on any atom is 0.217 e. The van der Waals surface area contributed by atoms with E-state index < -0.39 is 0 Å².